The number of aliphatic hydroxyl groups is 1. The molecule has 5 nitrogen and oxygen atoms in total. The lowest BCUT2D eigenvalue weighted by Crippen LogP contribution is -2.44. The van der Waals surface area contributed by atoms with Crippen LogP contribution in [0.3, 0.4) is 0 Å². The van der Waals surface area contributed by atoms with Gasteiger partial charge in [-0.1, -0.05) is 24.3 Å². The predicted molar refractivity (Wildman–Crippen MR) is 71.7 cm³/mol. The molecule has 0 bridgehead atoms. The number of fused-ring (bicyclic) bond motifs is 1. The maximum Gasteiger partial charge on any atom is 0.323 e. The number of para-hydroxylation sites is 1. The zero-order valence-corrected chi connectivity index (χ0v) is 10.6. The van der Waals surface area contributed by atoms with E-state index in [2.05, 4.69) is 10.3 Å². The van der Waals surface area contributed by atoms with Gasteiger partial charge in [0.1, 0.15) is 6.04 Å². The lowest BCUT2D eigenvalue weighted by Gasteiger charge is -2.16. The van der Waals surface area contributed by atoms with Crippen LogP contribution in [0.15, 0.2) is 36.4 Å². The van der Waals surface area contributed by atoms with Gasteiger partial charge in [-0.15, -0.1) is 0 Å². The third kappa shape index (κ3) is 3.27. The molecule has 0 aliphatic carbocycles. The Balaban J connectivity index is 2.11. The molecule has 0 unspecified atom stereocenters. The minimum Gasteiger partial charge on any atom is -0.480 e. The molecule has 0 amide bonds. The van der Waals surface area contributed by atoms with Gasteiger partial charge >= 0.3 is 5.97 Å². The van der Waals surface area contributed by atoms with Crippen LogP contribution in [0.25, 0.3) is 10.9 Å². The van der Waals surface area contributed by atoms with Crippen LogP contribution in [0.4, 0.5) is 0 Å². The SMILES string of the molecule is C[C@@H](O)[C@H](NCc1ccc2ccccc2n1)C(=O)O. The number of rotatable bonds is 5. The molecule has 1 aromatic heterocycles. The molecule has 2 atom stereocenters. The predicted octanol–water partition coefficient (Wildman–Crippen LogP) is 1.16. The molecule has 0 radical (unpaired) electrons. The second kappa shape index (κ2) is 5.77. The minimum absolute atomic E-state index is 0.298. The fourth-order valence-electron chi connectivity index (χ4n) is 1.89. The maximum atomic E-state index is 10.9. The van der Waals surface area contributed by atoms with E-state index in [0.29, 0.717) is 6.54 Å². The molecule has 0 aliphatic heterocycles. The average molecular weight is 260 g/mol. The van der Waals surface area contributed by atoms with Crippen molar-refractivity contribution in [3.63, 3.8) is 0 Å². The molecule has 5 heteroatoms. The van der Waals surface area contributed by atoms with E-state index in [1.165, 1.54) is 6.92 Å². The number of carbonyl (C=O) groups is 1. The number of hydrogen-bond acceptors (Lipinski definition) is 4. The van der Waals surface area contributed by atoms with Crippen molar-refractivity contribution in [1.82, 2.24) is 10.3 Å². The number of hydrogen-bond donors (Lipinski definition) is 3. The topological polar surface area (TPSA) is 82.5 Å². The molecule has 19 heavy (non-hydrogen) atoms. The Labute approximate surface area is 110 Å². The van der Waals surface area contributed by atoms with Crippen LogP contribution in [-0.2, 0) is 11.3 Å². The summed E-state index contributed by atoms with van der Waals surface area (Å²) >= 11 is 0. The van der Waals surface area contributed by atoms with Crippen LogP contribution in [0.2, 0.25) is 0 Å². The van der Waals surface area contributed by atoms with E-state index in [1.807, 2.05) is 36.4 Å². The molecule has 0 saturated carbocycles. The van der Waals surface area contributed by atoms with Crippen molar-refractivity contribution in [3.8, 4) is 0 Å². The number of aliphatic carboxylic acids is 1. The van der Waals surface area contributed by atoms with Gasteiger partial charge in [-0.3, -0.25) is 15.1 Å². The van der Waals surface area contributed by atoms with Gasteiger partial charge in [0.05, 0.1) is 17.3 Å². The third-order valence-corrected chi connectivity index (χ3v) is 2.91. The van der Waals surface area contributed by atoms with Gasteiger partial charge < -0.3 is 10.2 Å². The zero-order chi connectivity index (χ0) is 13.8. The number of carboxylic acids is 1. The summed E-state index contributed by atoms with van der Waals surface area (Å²) in [5.41, 5.74) is 1.61. The third-order valence-electron chi connectivity index (χ3n) is 2.91. The van der Waals surface area contributed by atoms with Crippen LogP contribution in [0, 0.1) is 0 Å². The van der Waals surface area contributed by atoms with E-state index in [4.69, 9.17) is 5.11 Å². The van der Waals surface area contributed by atoms with Gasteiger partial charge in [0.2, 0.25) is 0 Å². The summed E-state index contributed by atoms with van der Waals surface area (Å²) in [7, 11) is 0. The maximum absolute atomic E-state index is 10.9. The van der Waals surface area contributed by atoms with Gasteiger partial charge in [0.25, 0.3) is 0 Å². The van der Waals surface area contributed by atoms with Crippen molar-refractivity contribution in [3.05, 3.63) is 42.1 Å². The Hall–Kier alpha value is -1.98. The number of pyridine rings is 1. The lowest BCUT2D eigenvalue weighted by atomic mass is 10.1. The molecule has 0 saturated heterocycles. The first-order valence-electron chi connectivity index (χ1n) is 6.07. The Morgan fingerprint density at radius 2 is 2.05 bits per heavy atom. The smallest absolute Gasteiger partial charge is 0.323 e. The van der Waals surface area contributed by atoms with E-state index < -0.39 is 18.1 Å². The molecule has 2 aromatic rings. The van der Waals surface area contributed by atoms with Crippen LogP contribution in [-0.4, -0.2) is 33.3 Å². The molecule has 0 fully saturated rings. The molecular formula is C14H16N2O3. The van der Waals surface area contributed by atoms with Gasteiger partial charge in [0, 0.05) is 11.9 Å². The van der Waals surface area contributed by atoms with E-state index >= 15 is 0 Å². The van der Waals surface area contributed by atoms with Crippen molar-refractivity contribution < 1.29 is 15.0 Å². The number of benzene rings is 1. The highest BCUT2D eigenvalue weighted by atomic mass is 16.4. The monoisotopic (exact) mass is 260 g/mol. The fraction of sp³-hybridized carbons (Fsp3) is 0.286. The Morgan fingerprint density at radius 3 is 2.74 bits per heavy atom. The average Bonchev–Trinajstić information content (AvgIpc) is 2.38. The fourth-order valence-corrected chi connectivity index (χ4v) is 1.89. The van der Waals surface area contributed by atoms with Gasteiger partial charge in [-0.2, -0.15) is 0 Å². The molecule has 100 valence electrons. The number of carboxylic acid groups (broad SMARTS) is 1. The number of aromatic nitrogens is 1. The van der Waals surface area contributed by atoms with Gasteiger partial charge in [-0.05, 0) is 19.1 Å². The van der Waals surface area contributed by atoms with E-state index in [1.54, 1.807) is 0 Å². The molecule has 3 N–H and O–H groups in total. The second-order valence-corrected chi connectivity index (χ2v) is 4.43. The van der Waals surface area contributed by atoms with Crippen molar-refractivity contribution in [2.24, 2.45) is 0 Å². The van der Waals surface area contributed by atoms with Crippen molar-refractivity contribution in [2.75, 3.05) is 0 Å². The number of nitrogens with zero attached hydrogens (tertiary/aromatic N) is 1. The summed E-state index contributed by atoms with van der Waals surface area (Å²) in [6.45, 7) is 1.74. The molecule has 1 heterocycles. The molecule has 0 aliphatic rings. The first kappa shape index (κ1) is 13.5. The lowest BCUT2D eigenvalue weighted by molar-refractivity contribution is -0.142. The Morgan fingerprint density at radius 1 is 1.32 bits per heavy atom. The van der Waals surface area contributed by atoms with Crippen LogP contribution in [0.1, 0.15) is 12.6 Å². The van der Waals surface area contributed by atoms with Crippen LogP contribution < -0.4 is 5.32 Å². The number of nitrogens with one attached hydrogen (secondary N) is 1. The first-order valence-corrected chi connectivity index (χ1v) is 6.07. The van der Waals surface area contributed by atoms with Crippen LogP contribution >= 0.6 is 0 Å². The first-order chi connectivity index (χ1) is 9.08. The van der Waals surface area contributed by atoms with E-state index in [9.17, 15) is 9.90 Å². The van der Waals surface area contributed by atoms with Crippen molar-refractivity contribution in [2.45, 2.75) is 25.6 Å². The Kier molecular flexibility index (Phi) is 4.09. The summed E-state index contributed by atoms with van der Waals surface area (Å²) in [4.78, 5) is 15.4. The summed E-state index contributed by atoms with van der Waals surface area (Å²) in [6.07, 6.45) is -0.960. The van der Waals surface area contributed by atoms with E-state index in [0.717, 1.165) is 16.6 Å². The quantitative estimate of drug-likeness (QED) is 0.751. The molecule has 1 aromatic carbocycles. The van der Waals surface area contributed by atoms with E-state index in [-0.39, 0.29) is 0 Å². The summed E-state index contributed by atoms with van der Waals surface area (Å²) in [6, 6.07) is 10.5. The standard InChI is InChI=1S/C14H16N2O3/c1-9(17)13(14(18)19)15-8-11-7-6-10-4-2-3-5-12(10)16-11/h2-7,9,13,15,17H,8H2,1H3,(H,18,19)/t9-,13+/m1/s1. The second-order valence-electron chi connectivity index (χ2n) is 4.43. The molecular weight excluding hydrogens is 244 g/mol. The highest BCUT2D eigenvalue weighted by Crippen LogP contribution is 2.11. The van der Waals surface area contributed by atoms with Crippen molar-refractivity contribution >= 4 is 16.9 Å². The van der Waals surface area contributed by atoms with Gasteiger partial charge in [0.15, 0.2) is 0 Å². The number of aliphatic hydroxyl groups excluding tert-OH is 1. The largest absolute Gasteiger partial charge is 0.480 e. The van der Waals surface area contributed by atoms with Crippen molar-refractivity contribution in [1.29, 1.82) is 0 Å². The molecule has 0 spiro atoms. The summed E-state index contributed by atoms with van der Waals surface area (Å²) < 4.78 is 0. The highest BCUT2D eigenvalue weighted by molar-refractivity contribution is 5.78. The minimum atomic E-state index is -1.07. The summed E-state index contributed by atoms with van der Waals surface area (Å²) in [5.74, 6) is -1.07. The molecule has 2 rings (SSSR count). The Bertz CT molecular complexity index is 584. The zero-order valence-electron chi connectivity index (χ0n) is 10.6. The van der Waals surface area contributed by atoms with Gasteiger partial charge in [-0.25, -0.2) is 0 Å². The summed E-state index contributed by atoms with van der Waals surface area (Å²) in [5, 5.41) is 22.1. The van der Waals surface area contributed by atoms with Crippen LogP contribution in [0.5, 0.6) is 0 Å². The highest BCUT2D eigenvalue weighted by Gasteiger charge is 2.22. The normalized spacial score (nSPS) is 14.2.